The molecule has 0 radical (unpaired) electrons. The molecule has 9 heteroatoms. The van der Waals surface area contributed by atoms with E-state index >= 15 is 0 Å². The number of unbranched alkanes of at least 4 members (excludes halogenated alkanes) is 14. The Hall–Kier alpha value is -2.42. The first-order valence-corrected chi connectivity index (χ1v) is 15.8. The third-order valence-electron chi connectivity index (χ3n) is 7.08. The van der Waals surface area contributed by atoms with Gasteiger partial charge in [0.2, 0.25) is 0 Å². The Labute approximate surface area is 242 Å². The summed E-state index contributed by atoms with van der Waals surface area (Å²) in [5.74, 6) is -0.791. The van der Waals surface area contributed by atoms with Gasteiger partial charge in [-0.05, 0) is 45.2 Å². The van der Waals surface area contributed by atoms with Gasteiger partial charge in [-0.1, -0.05) is 84.0 Å². The molecule has 0 amide bonds. The highest BCUT2D eigenvalue weighted by atomic mass is 16.5. The third-order valence-corrected chi connectivity index (χ3v) is 7.08. The molecule has 0 saturated carbocycles. The average Bonchev–Trinajstić information content (AvgIpc) is 3.48. The lowest BCUT2D eigenvalue weighted by atomic mass is 10.1. The van der Waals surface area contributed by atoms with Crippen LogP contribution in [0.15, 0.2) is 18.7 Å². The van der Waals surface area contributed by atoms with E-state index in [2.05, 4.69) is 16.8 Å². The average molecular weight is 566 g/mol. The molecular formula is C31H55N3O6. The van der Waals surface area contributed by atoms with Gasteiger partial charge in [0.25, 0.3) is 0 Å². The molecule has 0 aliphatic rings. The van der Waals surface area contributed by atoms with Gasteiger partial charge in [0, 0.05) is 31.8 Å². The Kier molecular flexibility index (Phi) is 22.7. The van der Waals surface area contributed by atoms with E-state index in [4.69, 9.17) is 14.6 Å². The van der Waals surface area contributed by atoms with Crippen LogP contribution in [-0.4, -0.2) is 70.4 Å². The molecule has 230 valence electrons. The fraction of sp³-hybridized carbons (Fsp3) is 0.806. The fourth-order valence-corrected chi connectivity index (χ4v) is 4.63. The number of carbonyl (C=O) groups is 3. The molecule has 1 aromatic heterocycles. The van der Waals surface area contributed by atoms with E-state index in [0.29, 0.717) is 26.2 Å². The molecule has 0 spiro atoms. The number of nitrogens with zero attached hydrogens (tertiary/aromatic N) is 3. The lowest BCUT2D eigenvalue weighted by Gasteiger charge is -2.22. The first-order chi connectivity index (χ1) is 19.5. The molecule has 0 unspecified atom stereocenters. The van der Waals surface area contributed by atoms with Crippen LogP contribution >= 0.6 is 0 Å². The molecule has 40 heavy (non-hydrogen) atoms. The van der Waals surface area contributed by atoms with Crippen molar-refractivity contribution in [1.29, 1.82) is 0 Å². The van der Waals surface area contributed by atoms with Crippen LogP contribution in [0.2, 0.25) is 0 Å². The van der Waals surface area contributed by atoms with Crippen LogP contribution in [0.5, 0.6) is 0 Å². The van der Waals surface area contributed by atoms with Gasteiger partial charge in [0.1, 0.15) is 12.9 Å². The number of imidazole rings is 1. The molecule has 0 saturated heterocycles. The van der Waals surface area contributed by atoms with Crippen molar-refractivity contribution in [2.24, 2.45) is 0 Å². The quantitative estimate of drug-likeness (QED) is 0.0878. The van der Waals surface area contributed by atoms with Crippen molar-refractivity contribution in [2.75, 3.05) is 32.8 Å². The minimum absolute atomic E-state index is 0.0645. The van der Waals surface area contributed by atoms with E-state index in [1.54, 1.807) is 12.4 Å². The van der Waals surface area contributed by atoms with Gasteiger partial charge >= 0.3 is 18.0 Å². The van der Waals surface area contributed by atoms with Gasteiger partial charge in [-0.25, -0.2) is 14.3 Å². The first-order valence-electron chi connectivity index (χ1n) is 15.8. The van der Waals surface area contributed by atoms with Crippen LogP contribution in [0.3, 0.4) is 0 Å². The number of esters is 1. The summed E-state index contributed by atoms with van der Waals surface area (Å²) in [7, 11) is 0. The van der Waals surface area contributed by atoms with Crippen molar-refractivity contribution in [1.82, 2.24) is 14.5 Å². The minimum atomic E-state index is -0.727. The molecule has 1 rings (SSSR count). The molecule has 1 N–H and O–H groups in total. The highest BCUT2D eigenvalue weighted by Crippen LogP contribution is 2.11. The maximum Gasteiger partial charge on any atom is 0.419 e. The smallest absolute Gasteiger partial charge is 0.419 e. The normalized spacial score (nSPS) is 11.2. The van der Waals surface area contributed by atoms with Crippen LogP contribution in [0.4, 0.5) is 4.79 Å². The topological polar surface area (TPSA) is 111 Å². The molecule has 1 heterocycles. The first kappa shape index (κ1) is 35.6. The second-order valence-corrected chi connectivity index (χ2v) is 10.7. The number of rotatable bonds is 27. The van der Waals surface area contributed by atoms with Gasteiger partial charge in [0.05, 0.1) is 6.61 Å². The number of aliphatic carboxylic acids is 1. The van der Waals surface area contributed by atoms with E-state index in [0.717, 1.165) is 90.1 Å². The summed E-state index contributed by atoms with van der Waals surface area (Å²) in [4.78, 5) is 40.8. The Balaban J connectivity index is 2.13. The summed E-state index contributed by atoms with van der Waals surface area (Å²) < 4.78 is 12.1. The van der Waals surface area contributed by atoms with E-state index in [1.807, 2.05) is 0 Å². The van der Waals surface area contributed by atoms with Gasteiger partial charge in [-0.15, -0.1) is 0 Å². The number of carboxylic acids is 1. The summed E-state index contributed by atoms with van der Waals surface area (Å²) in [6.07, 6.45) is 23.4. The Morgan fingerprint density at radius 3 is 1.88 bits per heavy atom. The zero-order valence-corrected chi connectivity index (χ0v) is 25.0. The molecule has 9 nitrogen and oxygen atoms in total. The summed E-state index contributed by atoms with van der Waals surface area (Å²) >= 11 is 0. The molecule has 0 aromatic carbocycles. The molecule has 1 aromatic rings. The van der Waals surface area contributed by atoms with Gasteiger partial charge in [0.15, 0.2) is 0 Å². The van der Waals surface area contributed by atoms with Gasteiger partial charge < -0.3 is 14.6 Å². The molecular weight excluding hydrogens is 510 g/mol. The molecule has 0 bridgehead atoms. The van der Waals surface area contributed by atoms with Crippen LogP contribution in [-0.2, 0) is 19.1 Å². The fourth-order valence-electron chi connectivity index (χ4n) is 4.63. The molecule has 0 aliphatic carbocycles. The number of carboxylic acid groups (broad SMARTS) is 1. The molecule has 0 atom stereocenters. The largest absolute Gasteiger partial charge is 0.481 e. The molecule has 0 fully saturated rings. The van der Waals surface area contributed by atoms with E-state index in [-0.39, 0.29) is 12.4 Å². The second-order valence-electron chi connectivity index (χ2n) is 10.7. The van der Waals surface area contributed by atoms with Crippen molar-refractivity contribution < 1.29 is 29.0 Å². The number of hydrogen-bond donors (Lipinski definition) is 1. The molecule has 0 aliphatic heterocycles. The van der Waals surface area contributed by atoms with Crippen molar-refractivity contribution in [3.63, 3.8) is 0 Å². The van der Waals surface area contributed by atoms with Gasteiger partial charge in [-0.3, -0.25) is 14.5 Å². The highest BCUT2D eigenvalue weighted by molar-refractivity contribution is 5.70. The van der Waals surface area contributed by atoms with Crippen molar-refractivity contribution in [2.45, 2.75) is 129 Å². The lowest BCUT2D eigenvalue weighted by Crippen LogP contribution is -2.31. The number of carbonyl (C=O) groups excluding carboxylic acids is 2. The lowest BCUT2D eigenvalue weighted by molar-refractivity contribution is -0.144. The number of ether oxygens (including phenoxy) is 2. The Morgan fingerprint density at radius 1 is 0.700 bits per heavy atom. The van der Waals surface area contributed by atoms with Crippen LogP contribution in [0.25, 0.3) is 0 Å². The standard InChI is InChI=1S/C31H55N3O6/c1-2-3-4-5-6-13-18-26-39-30(37)20-15-10-8-12-17-23-33(22-16-11-7-9-14-19-29(35)36)25-27-40-31(38)34-24-21-32-28-34/h21,24,28H,2-20,22-23,25-27H2,1H3,(H,35,36). The Morgan fingerprint density at radius 2 is 1.27 bits per heavy atom. The van der Waals surface area contributed by atoms with E-state index in [9.17, 15) is 14.4 Å². The van der Waals surface area contributed by atoms with Crippen molar-refractivity contribution >= 4 is 18.0 Å². The predicted molar refractivity (Wildman–Crippen MR) is 157 cm³/mol. The van der Waals surface area contributed by atoms with Crippen LogP contribution in [0, 0.1) is 0 Å². The van der Waals surface area contributed by atoms with Crippen molar-refractivity contribution in [3.05, 3.63) is 18.7 Å². The number of aromatic nitrogens is 2. The van der Waals surface area contributed by atoms with Gasteiger partial charge in [-0.2, -0.15) is 0 Å². The third kappa shape index (κ3) is 21.4. The van der Waals surface area contributed by atoms with Crippen molar-refractivity contribution in [3.8, 4) is 0 Å². The maximum absolute atomic E-state index is 12.0. The highest BCUT2D eigenvalue weighted by Gasteiger charge is 2.09. The zero-order valence-electron chi connectivity index (χ0n) is 25.0. The minimum Gasteiger partial charge on any atom is -0.481 e. The predicted octanol–water partition coefficient (Wildman–Crippen LogP) is 7.23. The van der Waals surface area contributed by atoms with E-state index in [1.165, 1.54) is 43.0 Å². The maximum atomic E-state index is 12.0. The monoisotopic (exact) mass is 565 g/mol. The Bertz CT molecular complexity index is 756. The summed E-state index contributed by atoms with van der Waals surface area (Å²) in [6.45, 7) is 5.68. The summed E-state index contributed by atoms with van der Waals surface area (Å²) in [5.41, 5.74) is 0. The van der Waals surface area contributed by atoms with Crippen LogP contribution < -0.4 is 0 Å². The zero-order chi connectivity index (χ0) is 29.1. The van der Waals surface area contributed by atoms with E-state index < -0.39 is 12.1 Å². The SMILES string of the molecule is CCCCCCCCCOC(=O)CCCCCCCN(CCCCCCCC(=O)O)CCOC(=O)n1ccnc1. The van der Waals surface area contributed by atoms with Crippen LogP contribution in [0.1, 0.15) is 129 Å². The summed E-state index contributed by atoms with van der Waals surface area (Å²) in [6, 6.07) is 0. The summed E-state index contributed by atoms with van der Waals surface area (Å²) in [5, 5.41) is 8.75. The second kappa shape index (κ2) is 25.5. The number of hydrogen-bond acceptors (Lipinski definition) is 7.